The molecule has 2 aromatic rings. The number of rotatable bonds is 3. The molecule has 2 aromatic carbocycles. The molecule has 0 bridgehead atoms. The van der Waals surface area contributed by atoms with Gasteiger partial charge in [0.15, 0.2) is 0 Å². The van der Waals surface area contributed by atoms with Crippen LogP contribution in [0.15, 0.2) is 53.7 Å². The van der Waals surface area contributed by atoms with Gasteiger partial charge >= 0.3 is 0 Å². The number of hydrogen-bond acceptors (Lipinski definition) is 2. The van der Waals surface area contributed by atoms with E-state index in [0.717, 1.165) is 16.8 Å². The standard InChI is InChI=1S/C16H17NO/c1-12-4-8-14(9-5-12)16(17-18-3)15-10-6-13(2)7-11-15/h4-11H,1-3H3. The van der Waals surface area contributed by atoms with Gasteiger partial charge in [0, 0.05) is 11.1 Å². The maximum atomic E-state index is 4.96. The van der Waals surface area contributed by atoms with Gasteiger partial charge in [0.25, 0.3) is 0 Å². The minimum atomic E-state index is 0.859. The number of nitrogens with zero attached hydrogens (tertiary/aromatic N) is 1. The smallest absolute Gasteiger partial charge is 0.117 e. The molecular formula is C16H17NO. The van der Waals surface area contributed by atoms with Crippen molar-refractivity contribution in [3.63, 3.8) is 0 Å². The predicted molar refractivity (Wildman–Crippen MR) is 75.0 cm³/mol. The second kappa shape index (κ2) is 5.50. The Balaban J connectivity index is 2.43. The summed E-state index contributed by atoms with van der Waals surface area (Å²) in [5, 5.41) is 4.14. The quantitative estimate of drug-likeness (QED) is 0.591. The predicted octanol–water partition coefficient (Wildman–Crippen LogP) is 3.70. The summed E-state index contributed by atoms with van der Waals surface area (Å²) in [4.78, 5) is 4.96. The topological polar surface area (TPSA) is 21.6 Å². The number of hydrogen-bond donors (Lipinski definition) is 0. The van der Waals surface area contributed by atoms with Crippen LogP contribution in [0.5, 0.6) is 0 Å². The normalized spacial score (nSPS) is 9.94. The van der Waals surface area contributed by atoms with Crippen LogP contribution in [-0.4, -0.2) is 12.8 Å². The van der Waals surface area contributed by atoms with Crippen LogP contribution in [0.25, 0.3) is 0 Å². The molecule has 0 aliphatic heterocycles. The zero-order valence-corrected chi connectivity index (χ0v) is 11.0. The summed E-state index contributed by atoms with van der Waals surface area (Å²) >= 11 is 0. The van der Waals surface area contributed by atoms with Gasteiger partial charge < -0.3 is 4.84 Å². The summed E-state index contributed by atoms with van der Waals surface area (Å²) in [7, 11) is 1.57. The monoisotopic (exact) mass is 239 g/mol. The van der Waals surface area contributed by atoms with E-state index in [2.05, 4.69) is 67.5 Å². The van der Waals surface area contributed by atoms with E-state index in [9.17, 15) is 0 Å². The summed E-state index contributed by atoms with van der Waals surface area (Å²) in [5.74, 6) is 0. The third kappa shape index (κ3) is 2.77. The Morgan fingerprint density at radius 1 is 0.778 bits per heavy atom. The average Bonchev–Trinajstić information content (AvgIpc) is 2.39. The zero-order chi connectivity index (χ0) is 13.0. The van der Waals surface area contributed by atoms with Crippen molar-refractivity contribution < 1.29 is 4.84 Å². The highest BCUT2D eigenvalue weighted by Gasteiger charge is 2.07. The van der Waals surface area contributed by atoms with Crippen molar-refractivity contribution >= 4 is 5.71 Å². The molecule has 2 rings (SSSR count). The van der Waals surface area contributed by atoms with Gasteiger partial charge in [-0.2, -0.15) is 0 Å². The van der Waals surface area contributed by atoms with Crippen molar-refractivity contribution in [2.45, 2.75) is 13.8 Å². The highest BCUT2D eigenvalue weighted by molar-refractivity contribution is 6.12. The van der Waals surface area contributed by atoms with Crippen LogP contribution in [0.4, 0.5) is 0 Å². The third-order valence-electron chi connectivity index (χ3n) is 2.83. The Kier molecular flexibility index (Phi) is 3.78. The maximum absolute atomic E-state index is 4.96. The summed E-state index contributed by atoms with van der Waals surface area (Å²) in [5.41, 5.74) is 5.45. The van der Waals surface area contributed by atoms with E-state index in [-0.39, 0.29) is 0 Å². The second-order valence-corrected chi connectivity index (χ2v) is 4.35. The molecule has 0 atom stereocenters. The van der Waals surface area contributed by atoms with Crippen LogP contribution < -0.4 is 0 Å². The molecule has 0 saturated heterocycles. The van der Waals surface area contributed by atoms with E-state index in [1.165, 1.54) is 11.1 Å². The third-order valence-corrected chi connectivity index (χ3v) is 2.83. The first-order valence-electron chi connectivity index (χ1n) is 5.96. The van der Waals surface area contributed by atoms with Gasteiger partial charge in [-0.25, -0.2) is 0 Å². The van der Waals surface area contributed by atoms with Gasteiger partial charge in [-0.1, -0.05) is 64.8 Å². The van der Waals surface area contributed by atoms with Crippen LogP contribution in [0.1, 0.15) is 22.3 Å². The molecule has 0 saturated carbocycles. The fourth-order valence-corrected chi connectivity index (χ4v) is 1.79. The van der Waals surface area contributed by atoms with Gasteiger partial charge in [-0.15, -0.1) is 0 Å². The lowest BCUT2D eigenvalue weighted by atomic mass is 10.0. The summed E-state index contributed by atoms with van der Waals surface area (Å²) in [6.07, 6.45) is 0. The highest BCUT2D eigenvalue weighted by atomic mass is 16.6. The lowest BCUT2D eigenvalue weighted by Crippen LogP contribution is -2.04. The molecule has 0 heterocycles. The van der Waals surface area contributed by atoms with E-state index < -0.39 is 0 Å². The molecule has 2 nitrogen and oxygen atoms in total. The van der Waals surface area contributed by atoms with Gasteiger partial charge in [0.2, 0.25) is 0 Å². The summed E-state index contributed by atoms with van der Waals surface area (Å²) < 4.78 is 0. The number of oxime groups is 1. The molecule has 0 amide bonds. The van der Waals surface area contributed by atoms with Crippen molar-refractivity contribution in [3.8, 4) is 0 Å². The van der Waals surface area contributed by atoms with E-state index in [1.807, 2.05) is 0 Å². The Morgan fingerprint density at radius 3 is 1.50 bits per heavy atom. The number of aryl methyl sites for hydroxylation is 2. The molecule has 0 aliphatic carbocycles. The first-order chi connectivity index (χ1) is 8.70. The Hall–Kier alpha value is -2.09. The van der Waals surface area contributed by atoms with Crippen molar-refractivity contribution in [2.24, 2.45) is 5.16 Å². The molecule has 0 aromatic heterocycles. The molecule has 0 N–H and O–H groups in total. The Morgan fingerprint density at radius 2 is 1.17 bits per heavy atom. The van der Waals surface area contributed by atoms with Crippen molar-refractivity contribution in [3.05, 3.63) is 70.8 Å². The minimum Gasteiger partial charge on any atom is -0.399 e. The summed E-state index contributed by atoms with van der Waals surface area (Å²) in [6, 6.07) is 16.6. The van der Waals surface area contributed by atoms with Crippen LogP contribution in [-0.2, 0) is 4.84 Å². The van der Waals surface area contributed by atoms with E-state index in [4.69, 9.17) is 4.84 Å². The molecular weight excluding hydrogens is 222 g/mol. The highest BCUT2D eigenvalue weighted by Crippen LogP contribution is 2.13. The minimum absolute atomic E-state index is 0.859. The van der Waals surface area contributed by atoms with Crippen LogP contribution in [0, 0.1) is 13.8 Å². The van der Waals surface area contributed by atoms with Gasteiger partial charge in [0.1, 0.15) is 12.8 Å². The second-order valence-electron chi connectivity index (χ2n) is 4.35. The van der Waals surface area contributed by atoms with Crippen LogP contribution >= 0.6 is 0 Å². The van der Waals surface area contributed by atoms with Crippen molar-refractivity contribution in [2.75, 3.05) is 7.11 Å². The Labute approximate surface area is 108 Å². The molecule has 0 fully saturated rings. The fraction of sp³-hybridized carbons (Fsp3) is 0.188. The van der Waals surface area contributed by atoms with Crippen molar-refractivity contribution in [1.82, 2.24) is 0 Å². The molecule has 2 heteroatoms. The largest absolute Gasteiger partial charge is 0.399 e. The fourth-order valence-electron chi connectivity index (χ4n) is 1.79. The first kappa shape index (κ1) is 12.4. The number of benzene rings is 2. The maximum Gasteiger partial charge on any atom is 0.117 e. The van der Waals surface area contributed by atoms with Gasteiger partial charge in [-0.05, 0) is 13.8 Å². The zero-order valence-electron chi connectivity index (χ0n) is 11.0. The van der Waals surface area contributed by atoms with Gasteiger partial charge in [0.05, 0.1) is 0 Å². The van der Waals surface area contributed by atoms with Crippen molar-refractivity contribution in [1.29, 1.82) is 0 Å². The SMILES string of the molecule is CON=C(c1ccc(C)cc1)c1ccc(C)cc1. The molecule has 0 unspecified atom stereocenters. The Bertz CT molecular complexity index is 491. The average molecular weight is 239 g/mol. The molecule has 0 spiro atoms. The van der Waals surface area contributed by atoms with E-state index in [1.54, 1.807) is 7.11 Å². The molecule has 92 valence electrons. The summed E-state index contributed by atoms with van der Waals surface area (Å²) in [6.45, 7) is 4.14. The lowest BCUT2D eigenvalue weighted by Gasteiger charge is -2.07. The van der Waals surface area contributed by atoms with Crippen LogP contribution in [0.2, 0.25) is 0 Å². The molecule has 0 aliphatic rings. The lowest BCUT2D eigenvalue weighted by molar-refractivity contribution is 0.214. The van der Waals surface area contributed by atoms with E-state index in [0.29, 0.717) is 0 Å². The first-order valence-corrected chi connectivity index (χ1v) is 5.96. The molecule has 0 radical (unpaired) electrons. The van der Waals surface area contributed by atoms with E-state index >= 15 is 0 Å². The van der Waals surface area contributed by atoms with Crippen LogP contribution in [0.3, 0.4) is 0 Å². The molecule has 18 heavy (non-hydrogen) atoms. The van der Waals surface area contributed by atoms with Gasteiger partial charge in [-0.3, -0.25) is 0 Å².